The first-order chi connectivity index (χ1) is 18.5. The lowest BCUT2D eigenvalue weighted by atomic mass is 9.78. The largest absolute Gasteiger partial charge is 0.507 e. The zero-order valence-electron chi connectivity index (χ0n) is 25.6. The highest BCUT2D eigenvalue weighted by atomic mass is 79.9. The Labute approximate surface area is 252 Å². The fourth-order valence-electron chi connectivity index (χ4n) is 4.34. The van der Waals surface area contributed by atoms with Gasteiger partial charge >= 0.3 is 12.1 Å². The van der Waals surface area contributed by atoms with Crippen LogP contribution in [0, 0.1) is 5.92 Å². The van der Waals surface area contributed by atoms with Crippen molar-refractivity contribution in [2.75, 3.05) is 6.79 Å². The molecule has 1 aromatic carbocycles. The first-order valence-corrected chi connectivity index (χ1v) is 13.5. The first kappa shape index (κ1) is 35.8. The van der Waals surface area contributed by atoms with Crippen LogP contribution < -0.4 is 5.62 Å². The van der Waals surface area contributed by atoms with Gasteiger partial charge < -0.3 is 23.7 Å². The van der Waals surface area contributed by atoms with E-state index in [4.69, 9.17) is 4.74 Å². The number of rotatable bonds is 10. The summed E-state index contributed by atoms with van der Waals surface area (Å²) in [6.07, 6.45) is 3.49. The van der Waals surface area contributed by atoms with Crippen molar-refractivity contribution in [3.05, 3.63) is 46.8 Å². The molecule has 0 aliphatic rings. The van der Waals surface area contributed by atoms with Crippen molar-refractivity contribution in [1.29, 1.82) is 0 Å². The van der Waals surface area contributed by atoms with Gasteiger partial charge in [-0.05, 0) is 35.8 Å². The molecule has 0 aliphatic heterocycles. The maximum atomic E-state index is 13.6. The summed E-state index contributed by atoms with van der Waals surface area (Å²) in [6.45, 7) is 16.0. The van der Waals surface area contributed by atoms with E-state index in [0.717, 1.165) is 0 Å². The first-order valence-electron chi connectivity index (χ1n) is 13.5. The summed E-state index contributed by atoms with van der Waals surface area (Å²) in [7, 11) is 0. The number of hydrogen-bond donors (Lipinski definition) is 1. The number of carbonyl (C=O) groups is 4. The maximum absolute atomic E-state index is 13.6. The summed E-state index contributed by atoms with van der Waals surface area (Å²) in [5.74, 6) is -0.890. The van der Waals surface area contributed by atoms with Crippen molar-refractivity contribution < 1.29 is 33.8 Å². The number of aromatic nitrogens is 2. The quantitative estimate of drug-likeness (QED) is 0.203. The fourth-order valence-corrected chi connectivity index (χ4v) is 4.34. The normalized spacial score (nSPS) is 12.2. The van der Waals surface area contributed by atoms with Crippen LogP contribution in [0.25, 0.3) is 0 Å². The molecule has 0 saturated carbocycles. The van der Waals surface area contributed by atoms with E-state index in [-0.39, 0.29) is 58.9 Å². The minimum atomic E-state index is -1.04. The Hall–Kier alpha value is -3.21. The van der Waals surface area contributed by atoms with E-state index in [1.807, 2.05) is 55.4 Å². The van der Waals surface area contributed by atoms with Crippen molar-refractivity contribution >= 4 is 40.6 Å². The maximum Gasteiger partial charge on any atom is 0.439 e. The van der Waals surface area contributed by atoms with E-state index < -0.39 is 29.7 Å². The molecular weight excluding hydrogens is 594 g/mol. The van der Waals surface area contributed by atoms with Gasteiger partial charge in [0.1, 0.15) is 5.75 Å². The molecule has 0 atom stereocenters. The third-order valence-electron chi connectivity index (χ3n) is 6.71. The van der Waals surface area contributed by atoms with Crippen molar-refractivity contribution in [1.82, 2.24) is 9.13 Å². The Kier molecular flexibility index (Phi) is 12.8. The van der Waals surface area contributed by atoms with Crippen LogP contribution in [0.1, 0.15) is 96.6 Å². The van der Waals surface area contributed by atoms with Crippen LogP contribution in [-0.4, -0.2) is 44.7 Å². The standard InChI is InChI=1S/C30H43N3O7.BrH/c1-10-20(11-2)24(35)16-32-12-13-33(27(32)31-28(38)40-18-39-19(3)34)17-25(36)21-14-22(29(4,5)6)26(37)23(15-21)30(7,8)9;/h12-15,20,37H,10-11,16-18H2,1-9H3;1H/b31-27-;. The molecule has 1 N–H and O–H groups in total. The number of carbonyl (C=O) groups excluding carboxylic acids is 4. The van der Waals surface area contributed by atoms with Gasteiger partial charge in [0.05, 0.1) is 13.1 Å². The number of amides is 1. The Morgan fingerprint density at radius 3 is 1.80 bits per heavy atom. The van der Waals surface area contributed by atoms with Crippen molar-refractivity contribution in [3.63, 3.8) is 0 Å². The Morgan fingerprint density at radius 1 is 0.878 bits per heavy atom. The molecule has 228 valence electrons. The number of aromatic hydroxyl groups is 1. The number of benzene rings is 1. The minimum absolute atomic E-state index is 0. The Balaban J connectivity index is 0.00000840. The SMILES string of the molecule is Br.CCC(CC)C(=O)Cn1ccn(CC(=O)c2cc(C(C)(C)C)c(O)c(C(C)(C)C)c2)/c1=N\C(=O)OCOC(C)=O. The second-order valence-electron chi connectivity index (χ2n) is 12.0. The van der Waals surface area contributed by atoms with E-state index >= 15 is 0 Å². The number of phenolic OH excluding ortho intramolecular Hbond substituents is 1. The second-order valence-corrected chi connectivity index (χ2v) is 12.0. The highest BCUT2D eigenvalue weighted by Crippen LogP contribution is 2.39. The number of phenols is 1. The molecule has 0 fully saturated rings. The van der Waals surface area contributed by atoms with Gasteiger partial charge in [0.15, 0.2) is 11.6 Å². The fraction of sp³-hybridized carbons (Fsp3) is 0.567. The van der Waals surface area contributed by atoms with E-state index in [0.29, 0.717) is 29.5 Å². The second kappa shape index (κ2) is 14.6. The monoisotopic (exact) mass is 637 g/mol. The van der Waals surface area contributed by atoms with Crippen LogP contribution >= 0.6 is 17.0 Å². The number of hydrogen-bond acceptors (Lipinski definition) is 7. The molecule has 0 spiro atoms. The van der Waals surface area contributed by atoms with Crippen LogP contribution in [-0.2, 0) is 43.0 Å². The van der Waals surface area contributed by atoms with Crippen LogP contribution in [0.2, 0.25) is 0 Å². The number of ketones is 2. The molecule has 1 heterocycles. The van der Waals surface area contributed by atoms with Gasteiger partial charge in [0.25, 0.3) is 0 Å². The third-order valence-corrected chi connectivity index (χ3v) is 6.71. The topological polar surface area (TPSA) is 129 Å². The van der Waals surface area contributed by atoms with E-state index in [9.17, 15) is 24.3 Å². The van der Waals surface area contributed by atoms with E-state index in [2.05, 4.69) is 9.73 Å². The van der Waals surface area contributed by atoms with Gasteiger partial charge in [-0.25, -0.2) is 4.79 Å². The summed E-state index contributed by atoms with van der Waals surface area (Å²) >= 11 is 0. The summed E-state index contributed by atoms with van der Waals surface area (Å²) in [6, 6.07) is 3.40. The van der Waals surface area contributed by atoms with Crippen LogP contribution in [0.3, 0.4) is 0 Å². The molecule has 10 nitrogen and oxygen atoms in total. The van der Waals surface area contributed by atoms with Gasteiger partial charge in [-0.3, -0.25) is 14.4 Å². The van der Waals surface area contributed by atoms with Gasteiger partial charge in [0.2, 0.25) is 12.4 Å². The molecule has 2 rings (SSSR count). The van der Waals surface area contributed by atoms with Gasteiger partial charge in [0, 0.05) is 41.9 Å². The van der Waals surface area contributed by atoms with Crippen LogP contribution in [0.15, 0.2) is 29.5 Å². The average molecular weight is 639 g/mol. The zero-order chi connectivity index (χ0) is 30.4. The summed E-state index contributed by atoms with van der Waals surface area (Å²) in [5.41, 5.74) is 0.925. The van der Waals surface area contributed by atoms with E-state index in [1.165, 1.54) is 16.1 Å². The molecule has 11 heteroatoms. The van der Waals surface area contributed by atoms with E-state index in [1.54, 1.807) is 24.5 Å². The zero-order valence-corrected chi connectivity index (χ0v) is 27.3. The predicted octanol–water partition coefficient (Wildman–Crippen LogP) is 5.61. The molecule has 41 heavy (non-hydrogen) atoms. The van der Waals surface area contributed by atoms with Crippen molar-refractivity contribution in [2.24, 2.45) is 10.9 Å². The lowest BCUT2D eigenvalue weighted by molar-refractivity contribution is -0.148. The summed E-state index contributed by atoms with van der Waals surface area (Å²) in [4.78, 5) is 53.9. The molecular formula is C30H44BrN3O7. The van der Waals surface area contributed by atoms with Crippen LogP contribution in [0.5, 0.6) is 5.75 Å². The van der Waals surface area contributed by atoms with Crippen molar-refractivity contribution in [3.8, 4) is 5.75 Å². The molecule has 0 bridgehead atoms. The van der Waals surface area contributed by atoms with Gasteiger partial charge in [-0.2, -0.15) is 0 Å². The lowest BCUT2D eigenvalue weighted by Crippen LogP contribution is -2.33. The van der Waals surface area contributed by atoms with Gasteiger partial charge in [-0.15, -0.1) is 22.0 Å². The average Bonchev–Trinajstić information content (AvgIpc) is 3.18. The predicted molar refractivity (Wildman–Crippen MR) is 160 cm³/mol. The molecule has 0 saturated heterocycles. The number of Topliss-reactive ketones (excluding diaryl/α,β-unsaturated/α-hetero) is 2. The molecule has 0 unspecified atom stereocenters. The number of esters is 1. The van der Waals surface area contributed by atoms with Crippen molar-refractivity contribution in [2.45, 2.75) is 99.1 Å². The smallest absolute Gasteiger partial charge is 0.439 e. The number of imidazole rings is 1. The summed E-state index contributed by atoms with van der Waals surface area (Å²) < 4.78 is 12.5. The molecule has 1 aromatic heterocycles. The number of ether oxygens (including phenoxy) is 2. The molecule has 0 aliphatic carbocycles. The minimum Gasteiger partial charge on any atom is -0.507 e. The highest BCUT2D eigenvalue weighted by Gasteiger charge is 2.28. The van der Waals surface area contributed by atoms with Gasteiger partial charge in [-0.1, -0.05) is 55.4 Å². The lowest BCUT2D eigenvalue weighted by Gasteiger charge is -2.28. The molecule has 2 aromatic rings. The summed E-state index contributed by atoms with van der Waals surface area (Å²) in [5, 5.41) is 11.0. The highest BCUT2D eigenvalue weighted by molar-refractivity contribution is 8.93. The number of nitrogens with zero attached hydrogens (tertiary/aromatic N) is 3. The Morgan fingerprint density at radius 2 is 1.37 bits per heavy atom. The Bertz CT molecular complexity index is 1290. The molecule has 1 amide bonds. The molecule has 0 radical (unpaired) electrons. The third kappa shape index (κ3) is 9.69. The number of halogens is 1. The van der Waals surface area contributed by atoms with Crippen LogP contribution in [0.4, 0.5) is 4.79 Å².